The zero-order chi connectivity index (χ0) is 16.9. The molecule has 0 saturated carbocycles. The Bertz CT molecular complexity index is 608. The summed E-state index contributed by atoms with van der Waals surface area (Å²) in [5.74, 6) is 1.15. The van der Waals surface area contributed by atoms with E-state index in [9.17, 15) is 8.42 Å². The molecule has 0 aromatic carbocycles. The number of anilines is 1. The SMILES string of the molecule is Cc1nn(C)c(N2CCOCC2)c1CNCCCNS(C)(=O)=O. The number of sulfonamides is 1. The number of morpholine rings is 1. The van der Waals surface area contributed by atoms with Crippen LogP contribution in [0, 0.1) is 6.92 Å². The molecule has 1 aromatic rings. The van der Waals surface area contributed by atoms with Crippen molar-refractivity contribution in [2.45, 2.75) is 19.9 Å². The molecule has 1 saturated heterocycles. The third kappa shape index (κ3) is 5.45. The summed E-state index contributed by atoms with van der Waals surface area (Å²) in [5, 5.41) is 7.91. The van der Waals surface area contributed by atoms with Crippen LogP contribution in [0.25, 0.3) is 0 Å². The molecule has 132 valence electrons. The lowest BCUT2D eigenvalue weighted by Gasteiger charge is -2.29. The molecule has 1 aliphatic rings. The molecule has 0 unspecified atom stereocenters. The molecule has 8 nitrogen and oxygen atoms in total. The first-order valence-corrected chi connectivity index (χ1v) is 9.78. The fraction of sp³-hybridized carbons (Fsp3) is 0.786. The molecule has 0 radical (unpaired) electrons. The van der Waals surface area contributed by atoms with Gasteiger partial charge in [-0.15, -0.1) is 0 Å². The Balaban J connectivity index is 1.87. The highest BCUT2D eigenvalue weighted by molar-refractivity contribution is 7.88. The zero-order valence-corrected chi connectivity index (χ0v) is 14.9. The third-order valence-electron chi connectivity index (χ3n) is 3.82. The molecule has 0 aliphatic carbocycles. The van der Waals surface area contributed by atoms with Crippen molar-refractivity contribution in [2.24, 2.45) is 7.05 Å². The number of hydrogen-bond acceptors (Lipinski definition) is 6. The summed E-state index contributed by atoms with van der Waals surface area (Å²) in [6.45, 7) is 7.20. The lowest BCUT2D eigenvalue weighted by Crippen LogP contribution is -2.38. The van der Waals surface area contributed by atoms with Gasteiger partial charge in [0.15, 0.2) is 0 Å². The van der Waals surface area contributed by atoms with E-state index in [2.05, 4.69) is 20.0 Å². The maximum Gasteiger partial charge on any atom is 0.208 e. The van der Waals surface area contributed by atoms with Gasteiger partial charge in [-0.05, 0) is 19.9 Å². The summed E-state index contributed by atoms with van der Waals surface area (Å²) in [6, 6.07) is 0. The van der Waals surface area contributed by atoms with Crippen LogP contribution < -0.4 is 14.9 Å². The quantitative estimate of drug-likeness (QED) is 0.623. The molecule has 0 atom stereocenters. The summed E-state index contributed by atoms with van der Waals surface area (Å²) < 4.78 is 31.8. The second kappa shape index (κ2) is 8.09. The minimum atomic E-state index is -3.10. The van der Waals surface area contributed by atoms with Gasteiger partial charge >= 0.3 is 0 Å². The van der Waals surface area contributed by atoms with E-state index in [0.29, 0.717) is 6.54 Å². The van der Waals surface area contributed by atoms with E-state index in [1.165, 1.54) is 11.8 Å². The van der Waals surface area contributed by atoms with E-state index in [-0.39, 0.29) is 0 Å². The average molecular weight is 345 g/mol. The topological polar surface area (TPSA) is 88.5 Å². The Morgan fingerprint density at radius 1 is 1.26 bits per heavy atom. The highest BCUT2D eigenvalue weighted by Gasteiger charge is 2.20. The number of aromatic nitrogens is 2. The first kappa shape index (κ1) is 18.2. The summed E-state index contributed by atoms with van der Waals surface area (Å²) in [4.78, 5) is 2.31. The Morgan fingerprint density at radius 3 is 2.61 bits per heavy atom. The first-order valence-electron chi connectivity index (χ1n) is 7.89. The monoisotopic (exact) mass is 345 g/mol. The lowest BCUT2D eigenvalue weighted by atomic mass is 10.2. The molecule has 0 spiro atoms. The van der Waals surface area contributed by atoms with Gasteiger partial charge in [-0.1, -0.05) is 0 Å². The maximum absolute atomic E-state index is 11.0. The van der Waals surface area contributed by atoms with Crippen molar-refractivity contribution in [3.05, 3.63) is 11.3 Å². The fourth-order valence-electron chi connectivity index (χ4n) is 2.75. The van der Waals surface area contributed by atoms with Crippen molar-refractivity contribution in [3.8, 4) is 0 Å². The van der Waals surface area contributed by atoms with Crippen molar-refractivity contribution < 1.29 is 13.2 Å². The minimum Gasteiger partial charge on any atom is -0.378 e. The average Bonchev–Trinajstić information content (AvgIpc) is 2.76. The van der Waals surface area contributed by atoms with Gasteiger partial charge in [-0.25, -0.2) is 13.1 Å². The molecule has 1 aromatic heterocycles. The van der Waals surface area contributed by atoms with E-state index in [0.717, 1.165) is 57.3 Å². The predicted molar refractivity (Wildman–Crippen MR) is 90.1 cm³/mol. The van der Waals surface area contributed by atoms with Gasteiger partial charge in [0.25, 0.3) is 0 Å². The van der Waals surface area contributed by atoms with Crippen LogP contribution in [0.1, 0.15) is 17.7 Å². The van der Waals surface area contributed by atoms with Gasteiger partial charge < -0.3 is 15.0 Å². The highest BCUT2D eigenvalue weighted by atomic mass is 32.2. The summed E-state index contributed by atoms with van der Waals surface area (Å²) >= 11 is 0. The zero-order valence-electron chi connectivity index (χ0n) is 14.1. The number of aryl methyl sites for hydroxylation is 2. The number of nitrogens with zero attached hydrogens (tertiary/aromatic N) is 3. The van der Waals surface area contributed by atoms with E-state index in [1.54, 1.807) is 0 Å². The van der Waals surface area contributed by atoms with Crippen molar-refractivity contribution in [3.63, 3.8) is 0 Å². The van der Waals surface area contributed by atoms with Crippen LogP contribution in [0.4, 0.5) is 5.82 Å². The molecule has 0 amide bonds. The largest absolute Gasteiger partial charge is 0.378 e. The molecule has 2 heterocycles. The van der Waals surface area contributed by atoms with Crippen LogP contribution in [0.15, 0.2) is 0 Å². The van der Waals surface area contributed by atoms with E-state index < -0.39 is 10.0 Å². The Kier molecular flexibility index (Phi) is 6.40. The number of hydrogen-bond donors (Lipinski definition) is 2. The van der Waals surface area contributed by atoms with Crippen molar-refractivity contribution in [1.29, 1.82) is 0 Å². The molecule has 1 aliphatic heterocycles. The smallest absolute Gasteiger partial charge is 0.208 e. The predicted octanol–water partition coefficient (Wildman–Crippen LogP) is -0.406. The highest BCUT2D eigenvalue weighted by Crippen LogP contribution is 2.23. The molecular weight excluding hydrogens is 318 g/mol. The number of rotatable bonds is 8. The van der Waals surface area contributed by atoms with Crippen LogP contribution in [0.3, 0.4) is 0 Å². The molecule has 0 bridgehead atoms. The molecule has 9 heteroatoms. The van der Waals surface area contributed by atoms with Gasteiger partial charge in [0, 0.05) is 38.8 Å². The van der Waals surface area contributed by atoms with Gasteiger partial charge in [0.1, 0.15) is 5.82 Å². The van der Waals surface area contributed by atoms with Crippen molar-refractivity contribution >= 4 is 15.8 Å². The Morgan fingerprint density at radius 2 is 1.96 bits per heavy atom. The van der Waals surface area contributed by atoms with E-state index >= 15 is 0 Å². The van der Waals surface area contributed by atoms with E-state index in [4.69, 9.17) is 4.74 Å². The summed E-state index contributed by atoms with van der Waals surface area (Å²) in [5.41, 5.74) is 2.22. The van der Waals surface area contributed by atoms with Crippen LogP contribution in [0.5, 0.6) is 0 Å². The third-order valence-corrected chi connectivity index (χ3v) is 4.55. The van der Waals surface area contributed by atoms with Gasteiger partial charge in [0.05, 0.1) is 25.2 Å². The molecule has 2 N–H and O–H groups in total. The van der Waals surface area contributed by atoms with Crippen LogP contribution in [-0.2, 0) is 28.4 Å². The molecule has 2 rings (SSSR count). The maximum atomic E-state index is 11.0. The van der Waals surface area contributed by atoms with Gasteiger partial charge in [-0.2, -0.15) is 5.10 Å². The van der Waals surface area contributed by atoms with Crippen LogP contribution >= 0.6 is 0 Å². The van der Waals surface area contributed by atoms with Gasteiger partial charge in [0.2, 0.25) is 10.0 Å². The lowest BCUT2D eigenvalue weighted by molar-refractivity contribution is 0.122. The van der Waals surface area contributed by atoms with E-state index in [1.807, 2.05) is 18.7 Å². The standard InChI is InChI=1S/C14H27N5O3S/c1-12-13(11-15-5-4-6-16-23(3,20)21)14(18(2)17-12)19-7-9-22-10-8-19/h15-16H,4-11H2,1-3H3. The molecule has 1 fully saturated rings. The summed E-state index contributed by atoms with van der Waals surface area (Å²) in [7, 11) is -1.13. The second-order valence-corrected chi connectivity index (χ2v) is 7.64. The summed E-state index contributed by atoms with van der Waals surface area (Å²) in [6.07, 6.45) is 1.92. The first-order chi connectivity index (χ1) is 10.9. The Labute approximate surface area is 138 Å². The normalized spacial score (nSPS) is 16.0. The van der Waals surface area contributed by atoms with Gasteiger partial charge in [-0.3, -0.25) is 4.68 Å². The van der Waals surface area contributed by atoms with Crippen LogP contribution in [0.2, 0.25) is 0 Å². The van der Waals surface area contributed by atoms with Crippen LogP contribution in [-0.4, -0.2) is 63.8 Å². The van der Waals surface area contributed by atoms with Crippen molar-refractivity contribution in [1.82, 2.24) is 19.8 Å². The second-order valence-electron chi connectivity index (χ2n) is 5.81. The number of nitrogens with one attached hydrogen (secondary N) is 2. The minimum absolute atomic E-state index is 0.453. The Hall–Kier alpha value is -1.16. The molecule has 23 heavy (non-hydrogen) atoms. The fourth-order valence-corrected chi connectivity index (χ4v) is 3.27. The molecular formula is C14H27N5O3S. The number of ether oxygens (including phenoxy) is 1. The van der Waals surface area contributed by atoms with Crippen molar-refractivity contribution in [2.75, 3.05) is 50.5 Å².